The molecule has 3 aliphatic rings. The van der Waals surface area contributed by atoms with Gasteiger partial charge in [-0.1, -0.05) is 39.0 Å². The summed E-state index contributed by atoms with van der Waals surface area (Å²) >= 11 is 0. The second-order valence-corrected chi connectivity index (χ2v) is 12.2. The molecular formula is C30H52N4O5. The number of likely N-dealkylation sites (N-methyl/N-ethyl adjacent to an activating group) is 2. The predicted octanol–water partition coefficient (Wildman–Crippen LogP) is 2.31. The van der Waals surface area contributed by atoms with Crippen LogP contribution in [0.1, 0.15) is 59.8 Å². The molecule has 3 rings (SSSR count). The number of fused-ring (bicyclic) bond motifs is 1. The minimum Gasteiger partial charge on any atom is -0.379 e. The summed E-state index contributed by atoms with van der Waals surface area (Å²) < 4.78 is 11.9. The number of hydrogen-bond acceptors (Lipinski definition) is 7. The number of aliphatic hydroxyl groups is 1. The van der Waals surface area contributed by atoms with Crippen molar-refractivity contribution in [3.05, 3.63) is 24.3 Å². The Hall–Kier alpha value is -1.78. The van der Waals surface area contributed by atoms with Gasteiger partial charge in [0.2, 0.25) is 11.8 Å². The van der Waals surface area contributed by atoms with Crippen molar-refractivity contribution in [1.82, 2.24) is 20.4 Å². The molecule has 0 spiro atoms. The summed E-state index contributed by atoms with van der Waals surface area (Å²) in [6.45, 7) is 17.5. The minimum absolute atomic E-state index is 0.0133. The van der Waals surface area contributed by atoms with Gasteiger partial charge in [-0.25, -0.2) is 0 Å². The van der Waals surface area contributed by atoms with Gasteiger partial charge < -0.3 is 29.7 Å². The fraction of sp³-hybridized carbons (Fsp3) is 0.800. The minimum atomic E-state index is -0.980. The second-order valence-electron chi connectivity index (χ2n) is 12.2. The number of nitrogens with one attached hydrogen (secondary N) is 2. The maximum atomic E-state index is 13.9. The molecule has 3 N–H and O–H groups in total. The van der Waals surface area contributed by atoms with Crippen molar-refractivity contribution >= 4 is 11.8 Å². The van der Waals surface area contributed by atoms with Crippen molar-refractivity contribution in [3.8, 4) is 0 Å². The van der Waals surface area contributed by atoms with E-state index in [4.69, 9.17) is 9.47 Å². The van der Waals surface area contributed by atoms with E-state index in [1.165, 1.54) is 0 Å². The first-order valence-corrected chi connectivity index (χ1v) is 14.4. The SMILES string of the molecule is C=C([C@H](O)N[C@]1(CNC)C[C@@H]1C(=C)C)[C@@H](OC)C12CC1CCN2C(=O)C[C@@H](OC)[C@H]([C@@H](C)CC)N(C)C(C)=O. The molecule has 0 bridgehead atoms. The van der Waals surface area contributed by atoms with Crippen LogP contribution in [0.25, 0.3) is 0 Å². The summed E-state index contributed by atoms with van der Waals surface area (Å²) in [7, 11) is 6.92. The third kappa shape index (κ3) is 5.98. The van der Waals surface area contributed by atoms with Gasteiger partial charge in [-0.3, -0.25) is 14.9 Å². The first-order chi connectivity index (χ1) is 18.3. The number of likely N-dealkylation sites (tertiary alicyclic amines) is 1. The number of ether oxygens (including phenoxy) is 2. The summed E-state index contributed by atoms with van der Waals surface area (Å²) in [4.78, 5) is 29.8. The normalized spacial score (nSPS) is 31.1. The van der Waals surface area contributed by atoms with Crippen molar-refractivity contribution in [2.75, 3.05) is 41.4 Å². The highest BCUT2D eigenvalue weighted by atomic mass is 16.5. The molecule has 1 aliphatic heterocycles. The highest BCUT2D eigenvalue weighted by Gasteiger charge is 2.68. The van der Waals surface area contributed by atoms with Gasteiger partial charge in [-0.15, -0.1) is 0 Å². The third-order valence-electron chi connectivity index (χ3n) is 9.82. The molecule has 1 heterocycles. The summed E-state index contributed by atoms with van der Waals surface area (Å²) in [6.07, 6.45) is 1.73. The van der Waals surface area contributed by atoms with Crippen LogP contribution in [0.2, 0.25) is 0 Å². The Balaban J connectivity index is 1.77. The van der Waals surface area contributed by atoms with Gasteiger partial charge >= 0.3 is 0 Å². The van der Waals surface area contributed by atoms with Crippen LogP contribution in [-0.2, 0) is 19.1 Å². The van der Waals surface area contributed by atoms with Crippen LogP contribution in [0.15, 0.2) is 24.3 Å². The predicted molar refractivity (Wildman–Crippen MR) is 153 cm³/mol. The van der Waals surface area contributed by atoms with E-state index in [1.807, 2.05) is 18.9 Å². The van der Waals surface area contributed by atoms with Crippen molar-refractivity contribution in [1.29, 1.82) is 0 Å². The van der Waals surface area contributed by atoms with Crippen LogP contribution in [0.5, 0.6) is 0 Å². The van der Waals surface area contributed by atoms with Crippen molar-refractivity contribution in [2.24, 2.45) is 17.8 Å². The molecule has 222 valence electrons. The maximum absolute atomic E-state index is 13.9. The number of nitrogens with zero attached hydrogens (tertiary/aromatic N) is 2. The van der Waals surface area contributed by atoms with Crippen molar-refractivity contribution in [3.63, 3.8) is 0 Å². The monoisotopic (exact) mass is 548 g/mol. The van der Waals surface area contributed by atoms with E-state index < -0.39 is 24.0 Å². The number of carbonyl (C=O) groups is 2. The number of rotatable bonds is 16. The van der Waals surface area contributed by atoms with E-state index in [0.717, 1.165) is 31.3 Å². The highest BCUT2D eigenvalue weighted by molar-refractivity contribution is 5.79. The van der Waals surface area contributed by atoms with Crippen LogP contribution < -0.4 is 10.6 Å². The van der Waals surface area contributed by atoms with Crippen LogP contribution in [0.3, 0.4) is 0 Å². The topological polar surface area (TPSA) is 103 Å². The quantitative estimate of drug-likeness (QED) is 0.201. The lowest BCUT2D eigenvalue weighted by atomic mass is 9.90. The molecule has 0 aromatic carbocycles. The molecule has 0 aromatic rings. The van der Waals surface area contributed by atoms with E-state index in [1.54, 1.807) is 33.1 Å². The Morgan fingerprint density at radius 2 is 1.87 bits per heavy atom. The average molecular weight is 549 g/mol. The largest absolute Gasteiger partial charge is 0.379 e. The van der Waals surface area contributed by atoms with E-state index >= 15 is 0 Å². The van der Waals surface area contributed by atoms with Crippen LogP contribution in [0, 0.1) is 17.8 Å². The molecule has 0 aromatic heterocycles. The molecule has 9 nitrogen and oxygen atoms in total. The molecule has 3 fully saturated rings. The molecule has 0 radical (unpaired) electrons. The van der Waals surface area contributed by atoms with Crippen LogP contribution in [0.4, 0.5) is 0 Å². The average Bonchev–Trinajstić information content (AvgIpc) is 3.76. The number of aliphatic hydroxyl groups excluding tert-OH is 1. The zero-order chi connectivity index (χ0) is 29.3. The van der Waals surface area contributed by atoms with Gasteiger partial charge in [0.15, 0.2) is 0 Å². The Kier molecular flexibility index (Phi) is 10.1. The van der Waals surface area contributed by atoms with Crippen molar-refractivity contribution < 1.29 is 24.2 Å². The van der Waals surface area contributed by atoms with Gasteiger partial charge in [0, 0.05) is 52.7 Å². The number of piperidine rings is 1. The van der Waals surface area contributed by atoms with E-state index in [-0.39, 0.29) is 41.7 Å². The van der Waals surface area contributed by atoms with E-state index in [0.29, 0.717) is 24.6 Å². The first-order valence-electron chi connectivity index (χ1n) is 14.4. The lowest BCUT2D eigenvalue weighted by molar-refractivity contribution is -0.144. The lowest BCUT2D eigenvalue weighted by Crippen LogP contribution is -2.55. The number of hydrogen-bond donors (Lipinski definition) is 3. The molecular weight excluding hydrogens is 496 g/mol. The zero-order valence-electron chi connectivity index (χ0n) is 25.4. The molecule has 2 saturated carbocycles. The first kappa shape index (κ1) is 31.7. The molecule has 9 heteroatoms. The number of carbonyl (C=O) groups excluding carboxylic acids is 2. The fourth-order valence-electron chi connectivity index (χ4n) is 7.26. The Morgan fingerprint density at radius 3 is 2.33 bits per heavy atom. The number of amides is 2. The van der Waals surface area contributed by atoms with Gasteiger partial charge in [0.1, 0.15) is 12.3 Å². The molecule has 2 amide bonds. The van der Waals surface area contributed by atoms with Crippen LogP contribution >= 0.6 is 0 Å². The fourth-order valence-corrected chi connectivity index (χ4v) is 7.26. The zero-order valence-corrected chi connectivity index (χ0v) is 25.4. The second kappa shape index (κ2) is 12.4. The van der Waals surface area contributed by atoms with Gasteiger partial charge in [0.05, 0.1) is 24.1 Å². The van der Waals surface area contributed by atoms with E-state index in [2.05, 4.69) is 37.6 Å². The standard InChI is InChI=1S/C30H52N4O5/c1-11-19(4)26(33(8)21(6)35)24(38-9)14-25(36)34-13-12-22-15-30(22,34)27(39-10)20(5)28(37)32-29(17-31-7)16-23(29)18(2)3/h19,22-24,26-28,31-32,37H,2,5,11-17H2,1,3-4,6-10H3/t19-,22?,23+,24+,26-,27+,28-,29-,30?/m0/s1. The summed E-state index contributed by atoms with van der Waals surface area (Å²) in [5, 5.41) is 17.9. The van der Waals surface area contributed by atoms with Gasteiger partial charge in [-0.05, 0) is 50.6 Å². The van der Waals surface area contributed by atoms with Crippen LogP contribution in [-0.4, -0.2) is 104 Å². The summed E-state index contributed by atoms with van der Waals surface area (Å²) in [5.74, 6) is 0.688. The lowest BCUT2D eigenvalue weighted by Gasteiger charge is -2.40. The third-order valence-corrected chi connectivity index (χ3v) is 9.82. The smallest absolute Gasteiger partial charge is 0.225 e. The van der Waals surface area contributed by atoms with Gasteiger partial charge in [-0.2, -0.15) is 0 Å². The Labute approximate surface area is 235 Å². The van der Waals surface area contributed by atoms with Crippen molar-refractivity contribution in [2.45, 2.75) is 95.4 Å². The molecule has 9 atom stereocenters. The number of methoxy groups -OCH3 is 2. The molecule has 2 unspecified atom stereocenters. The molecule has 1 saturated heterocycles. The highest BCUT2D eigenvalue weighted by Crippen LogP contribution is 2.60. The maximum Gasteiger partial charge on any atom is 0.225 e. The molecule has 2 aliphatic carbocycles. The molecule has 39 heavy (non-hydrogen) atoms. The Morgan fingerprint density at radius 1 is 1.21 bits per heavy atom. The summed E-state index contributed by atoms with van der Waals surface area (Å²) in [6, 6.07) is -0.211. The van der Waals surface area contributed by atoms with E-state index in [9.17, 15) is 14.7 Å². The summed E-state index contributed by atoms with van der Waals surface area (Å²) in [5.41, 5.74) is 0.841. The van der Waals surface area contributed by atoms with Gasteiger partial charge in [0.25, 0.3) is 0 Å². The Bertz CT molecular complexity index is 942.